The number of hydrogen-bond donors (Lipinski definition) is 0. The lowest BCUT2D eigenvalue weighted by molar-refractivity contribution is -0.137. The normalized spacial score (nSPS) is 14.0. The minimum Gasteiger partial charge on any atom is -0.353 e. The first-order valence-corrected chi connectivity index (χ1v) is 13.0. The second-order valence-electron chi connectivity index (χ2n) is 9.43. The molecule has 0 spiro atoms. The fraction of sp³-hybridized carbons (Fsp3) is 0.233. The highest BCUT2D eigenvalue weighted by Gasteiger charge is 2.31. The summed E-state index contributed by atoms with van der Waals surface area (Å²) in [5.41, 5.74) is 2.61. The molecule has 0 aliphatic carbocycles. The van der Waals surface area contributed by atoms with E-state index < -0.39 is 11.7 Å². The highest BCUT2D eigenvalue weighted by atomic mass is 35.5. The average molecular weight is 551 g/mol. The highest BCUT2D eigenvalue weighted by Crippen LogP contribution is 2.32. The van der Waals surface area contributed by atoms with Gasteiger partial charge in [-0.05, 0) is 30.7 Å². The summed E-state index contributed by atoms with van der Waals surface area (Å²) in [7, 11) is 0. The molecule has 5 nitrogen and oxygen atoms in total. The van der Waals surface area contributed by atoms with E-state index in [0.717, 1.165) is 17.2 Å². The Labute approximate surface area is 229 Å². The number of nitrogens with zero attached hydrogens (tertiary/aromatic N) is 4. The smallest absolute Gasteiger partial charge is 0.353 e. The van der Waals surface area contributed by atoms with Gasteiger partial charge in [-0.2, -0.15) is 13.2 Å². The van der Waals surface area contributed by atoms with Crippen molar-refractivity contribution < 1.29 is 18.0 Å². The lowest BCUT2D eigenvalue weighted by atomic mass is 10.0. The molecular formula is C30H26ClF3N4O. The Morgan fingerprint density at radius 1 is 0.897 bits per heavy atom. The van der Waals surface area contributed by atoms with Crippen LogP contribution in [0.15, 0.2) is 78.9 Å². The number of alkyl halides is 3. The number of rotatable bonds is 5. The molecule has 1 aliphatic rings. The van der Waals surface area contributed by atoms with Crippen molar-refractivity contribution in [1.29, 1.82) is 0 Å². The van der Waals surface area contributed by atoms with Gasteiger partial charge in [0.2, 0.25) is 0 Å². The molecular weight excluding hydrogens is 525 g/mol. The molecule has 1 fully saturated rings. The lowest BCUT2D eigenvalue weighted by Crippen LogP contribution is -2.49. The van der Waals surface area contributed by atoms with Crippen molar-refractivity contribution in [2.75, 3.05) is 31.1 Å². The largest absolute Gasteiger partial charge is 0.416 e. The van der Waals surface area contributed by atoms with E-state index in [0.29, 0.717) is 59.7 Å². The fourth-order valence-corrected chi connectivity index (χ4v) is 4.97. The lowest BCUT2D eigenvalue weighted by Gasteiger charge is -2.36. The van der Waals surface area contributed by atoms with Gasteiger partial charge in [-0.1, -0.05) is 72.3 Å². The van der Waals surface area contributed by atoms with Gasteiger partial charge in [-0.25, -0.2) is 9.97 Å². The molecule has 0 N–H and O–H groups in total. The van der Waals surface area contributed by atoms with Crippen molar-refractivity contribution in [2.45, 2.75) is 19.5 Å². The number of carbonyl (C=O) groups excluding carboxylic acids is 1. The molecule has 9 heteroatoms. The van der Waals surface area contributed by atoms with Gasteiger partial charge in [0.1, 0.15) is 5.82 Å². The van der Waals surface area contributed by atoms with Crippen LogP contribution in [0.5, 0.6) is 0 Å². The van der Waals surface area contributed by atoms with Crippen LogP contribution in [0.25, 0.3) is 11.4 Å². The molecule has 5 rings (SSSR count). The minimum atomic E-state index is -4.42. The van der Waals surface area contributed by atoms with Crippen LogP contribution < -0.4 is 4.90 Å². The first kappa shape index (κ1) is 26.7. The van der Waals surface area contributed by atoms with Gasteiger partial charge < -0.3 is 9.80 Å². The second-order valence-corrected chi connectivity index (χ2v) is 9.84. The van der Waals surface area contributed by atoms with E-state index in [-0.39, 0.29) is 12.3 Å². The Kier molecular flexibility index (Phi) is 7.57. The maximum atomic E-state index is 13.4. The Balaban J connectivity index is 1.46. The number of halogens is 4. The van der Waals surface area contributed by atoms with Gasteiger partial charge in [0.15, 0.2) is 5.82 Å². The standard InChI is InChI=1S/C30H26ClF3N4O/c1-20-25(19-21-8-7-11-23(18-21)30(32,33)34)28(36-27(35-20)22-9-3-2-4-10-22)37-14-16-38(17-15-37)29(39)24-12-5-6-13-26(24)31/h2-13,18H,14-17,19H2,1H3. The number of benzene rings is 3. The maximum absolute atomic E-state index is 13.4. The van der Waals surface area contributed by atoms with E-state index in [1.807, 2.05) is 37.3 Å². The van der Waals surface area contributed by atoms with Crippen molar-refractivity contribution >= 4 is 23.3 Å². The van der Waals surface area contributed by atoms with Crippen LogP contribution in [0.4, 0.5) is 19.0 Å². The van der Waals surface area contributed by atoms with Gasteiger partial charge in [0.05, 0.1) is 16.1 Å². The highest BCUT2D eigenvalue weighted by molar-refractivity contribution is 6.33. The molecule has 0 unspecified atom stereocenters. The summed E-state index contributed by atoms with van der Waals surface area (Å²) in [5.74, 6) is 1.09. The number of aryl methyl sites for hydroxylation is 1. The molecule has 4 aromatic rings. The SMILES string of the molecule is Cc1nc(-c2ccccc2)nc(N2CCN(C(=O)c3ccccc3Cl)CC2)c1Cc1cccc(C(F)(F)F)c1. The second kappa shape index (κ2) is 11.1. The van der Waals surface area contributed by atoms with E-state index >= 15 is 0 Å². The van der Waals surface area contributed by atoms with Crippen molar-refractivity contribution in [2.24, 2.45) is 0 Å². The van der Waals surface area contributed by atoms with Crippen molar-refractivity contribution in [3.05, 3.63) is 112 Å². The third-order valence-corrected chi connectivity index (χ3v) is 7.16. The summed E-state index contributed by atoms with van der Waals surface area (Å²) in [5, 5.41) is 0.409. The van der Waals surface area contributed by atoms with Crippen LogP contribution >= 0.6 is 11.6 Å². The number of amides is 1. The number of piperazine rings is 1. The molecule has 200 valence electrons. The third kappa shape index (κ3) is 5.91. The minimum absolute atomic E-state index is 0.131. The zero-order valence-corrected chi connectivity index (χ0v) is 22.0. The topological polar surface area (TPSA) is 49.3 Å². The van der Waals surface area contributed by atoms with Gasteiger partial charge in [-0.3, -0.25) is 4.79 Å². The Morgan fingerprint density at radius 2 is 1.59 bits per heavy atom. The Hall–Kier alpha value is -3.91. The molecule has 2 heterocycles. The van der Waals surface area contributed by atoms with E-state index in [1.54, 1.807) is 35.2 Å². The molecule has 1 aromatic heterocycles. The number of hydrogen-bond acceptors (Lipinski definition) is 4. The summed E-state index contributed by atoms with van der Waals surface area (Å²) >= 11 is 6.25. The number of aromatic nitrogens is 2. The Bertz CT molecular complexity index is 1490. The van der Waals surface area contributed by atoms with Crippen LogP contribution in [0, 0.1) is 6.92 Å². The first-order valence-electron chi connectivity index (χ1n) is 12.6. The molecule has 0 bridgehead atoms. The Morgan fingerprint density at radius 3 is 2.28 bits per heavy atom. The molecule has 0 radical (unpaired) electrons. The molecule has 0 atom stereocenters. The van der Waals surface area contributed by atoms with Crippen LogP contribution in [0.1, 0.15) is 32.7 Å². The predicted molar refractivity (Wildman–Crippen MR) is 146 cm³/mol. The van der Waals surface area contributed by atoms with Gasteiger partial charge in [0.25, 0.3) is 5.91 Å². The summed E-state index contributed by atoms with van der Waals surface area (Å²) < 4.78 is 40.1. The molecule has 0 saturated carbocycles. The predicted octanol–water partition coefficient (Wildman–Crippen LogP) is 6.68. The molecule has 3 aromatic carbocycles. The van der Waals surface area contributed by atoms with Crippen molar-refractivity contribution in [3.63, 3.8) is 0 Å². The first-order chi connectivity index (χ1) is 18.7. The van der Waals surface area contributed by atoms with Gasteiger partial charge >= 0.3 is 6.18 Å². The van der Waals surface area contributed by atoms with E-state index in [9.17, 15) is 18.0 Å². The summed E-state index contributed by atoms with van der Waals surface area (Å²) in [6.45, 7) is 3.79. The number of carbonyl (C=O) groups is 1. The molecule has 1 aliphatic heterocycles. The summed E-state index contributed by atoms with van der Waals surface area (Å²) in [4.78, 5) is 26.6. The summed E-state index contributed by atoms with van der Waals surface area (Å²) in [6.07, 6.45) is -4.18. The van der Waals surface area contributed by atoms with Crippen LogP contribution in [-0.2, 0) is 12.6 Å². The average Bonchev–Trinajstić information content (AvgIpc) is 2.94. The van der Waals surface area contributed by atoms with E-state index in [2.05, 4.69) is 4.90 Å². The van der Waals surface area contributed by atoms with Gasteiger partial charge in [-0.15, -0.1) is 0 Å². The van der Waals surface area contributed by atoms with Crippen molar-refractivity contribution in [1.82, 2.24) is 14.9 Å². The molecule has 1 saturated heterocycles. The summed E-state index contributed by atoms with van der Waals surface area (Å²) in [6, 6.07) is 21.9. The van der Waals surface area contributed by atoms with Crippen molar-refractivity contribution in [3.8, 4) is 11.4 Å². The van der Waals surface area contributed by atoms with E-state index in [1.165, 1.54) is 12.1 Å². The molecule has 1 amide bonds. The van der Waals surface area contributed by atoms with Crippen LogP contribution in [0.2, 0.25) is 5.02 Å². The zero-order valence-electron chi connectivity index (χ0n) is 21.3. The van der Waals surface area contributed by atoms with Crippen LogP contribution in [0.3, 0.4) is 0 Å². The third-order valence-electron chi connectivity index (χ3n) is 6.83. The van der Waals surface area contributed by atoms with E-state index in [4.69, 9.17) is 21.6 Å². The number of anilines is 1. The maximum Gasteiger partial charge on any atom is 0.416 e. The zero-order chi connectivity index (χ0) is 27.6. The van der Waals surface area contributed by atoms with Crippen LogP contribution in [-0.4, -0.2) is 47.0 Å². The monoisotopic (exact) mass is 550 g/mol. The molecule has 39 heavy (non-hydrogen) atoms. The fourth-order valence-electron chi connectivity index (χ4n) is 4.75. The quantitative estimate of drug-likeness (QED) is 0.278. The van der Waals surface area contributed by atoms with Gasteiger partial charge in [0, 0.05) is 49.4 Å².